The summed E-state index contributed by atoms with van der Waals surface area (Å²) >= 11 is 0. The molecule has 0 aliphatic heterocycles. The fraction of sp³-hybridized carbons (Fsp3) is 1.00. The van der Waals surface area contributed by atoms with E-state index in [0.717, 1.165) is 51.9 Å². The number of hydrogen-bond acceptors (Lipinski definition) is 4. The maximum Gasteiger partial charge on any atom is 0 e. The normalized spacial score (nSPS) is 9.18. The van der Waals surface area contributed by atoms with E-state index in [-0.39, 0.29) is 17.1 Å². The Morgan fingerprint density at radius 1 is 0.353 bits per heavy atom. The van der Waals surface area contributed by atoms with E-state index >= 15 is 0 Å². The van der Waals surface area contributed by atoms with Gasteiger partial charge in [0, 0.05) is 17.1 Å². The van der Waals surface area contributed by atoms with Gasteiger partial charge < -0.3 is 22.9 Å². The van der Waals surface area contributed by atoms with Crippen LogP contribution >= 0.6 is 0 Å². The Morgan fingerprint density at radius 3 is 0.647 bits per heavy atom. The molecular weight excluding hydrogens is 264 g/mol. The van der Waals surface area contributed by atoms with Crippen molar-refractivity contribution in [3.8, 4) is 0 Å². The van der Waals surface area contributed by atoms with Gasteiger partial charge in [-0.15, -0.1) is 0 Å². The van der Waals surface area contributed by atoms with Crippen molar-refractivity contribution in [2.45, 2.75) is 51.4 Å². The van der Waals surface area contributed by atoms with Crippen LogP contribution < -0.4 is 22.9 Å². The van der Waals surface area contributed by atoms with Crippen molar-refractivity contribution in [2.75, 3.05) is 26.2 Å². The summed E-state index contributed by atoms with van der Waals surface area (Å²) in [7, 11) is 0. The van der Waals surface area contributed by atoms with Crippen molar-refractivity contribution in [1.82, 2.24) is 0 Å². The summed E-state index contributed by atoms with van der Waals surface area (Å²) in [5.74, 6) is 0. The molecule has 0 saturated carbocycles. The summed E-state index contributed by atoms with van der Waals surface area (Å²) in [5, 5.41) is 0. The first kappa shape index (κ1) is 22.5. The summed E-state index contributed by atoms with van der Waals surface area (Å²) in [4.78, 5) is 0. The van der Waals surface area contributed by atoms with Gasteiger partial charge in [0.1, 0.15) is 0 Å². The molecule has 0 fully saturated rings. The van der Waals surface area contributed by atoms with E-state index in [2.05, 4.69) is 0 Å². The molecule has 0 saturated heterocycles. The molecule has 0 bridgehead atoms. The van der Waals surface area contributed by atoms with Crippen molar-refractivity contribution in [2.24, 2.45) is 22.9 Å². The average Bonchev–Trinajstić information content (AvgIpc) is 2.31. The van der Waals surface area contributed by atoms with Crippen molar-refractivity contribution in [1.29, 1.82) is 0 Å². The van der Waals surface area contributed by atoms with Crippen LogP contribution in [0.1, 0.15) is 51.4 Å². The van der Waals surface area contributed by atoms with Gasteiger partial charge in [-0.05, 0) is 51.9 Å². The summed E-state index contributed by atoms with van der Waals surface area (Å²) < 4.78 is 0. The van der Waals surface area contributed by atoms with Crippen LogP contribution in [0.4, 0.5) is 0 Å². The van der Waals surface area contributed by atoms with Gasteiger partial charge in [-0.1, -0.05) is 25.7 Å². The number of hydrogen-bond donors (Lipinski definition) is 4. The molecule has 0 aromatic heterocycles. The second-order valence-electron chi connectivity index (χ2n) is 3.98. The average molecular weight is 296 g/mol. The van der Waals surface area contributed by atoms with Gasteiger partial charge in [0.2, 0.25) is 0 Å². The quantitative estimate of drug-likeness (QED) is 0.355. The zero-order valence-electron chi connectivity index (χ0n) is 11.1. The molecule has 0 atom stereocenters. The summed E-state index contributed by atoms with van der Waals surface area (Å²) in [6, 6.07) is 0. The van der Waals surface area contributed by atoms with Gasteiger partial charge in [0.15, 0.2) is 0 Å². The van der Waals surface area contributed by atoms with Crippen LogP contribution in [0.25, 0.3) is 0 Å². The van der Waals surface area contributed by atoms with Crippen LogP contribution in [0.15, 0.2) is 0 Å². The van der Waals surface area contributed by atoms with E-state index < -0.39 is 0 Å². The third-order valence-electron chi connectivity index (χ3n) is 2.32. The van der Waals surface area contributed by atoms with Crippen LogP contribution in [-0.2, 0) is 17.1 Å². The second-order valence-corrected chi connectivity index (χ2v) is 3.98. The molecule has 111 valence electrons. The molecule has 8 N–H and O–H groups in total. The standard InChI is InChI=1S/2C6H16N2.Cu/c2*7-5-3-1-2-4-6-8;/h2*1-8H2;. The fourth-order valence-electron chi connectivity index (χ4n) is 1.28. The molecule has 17 heavy (non-hydrogen) atoms. The van der Waals surface area contributed by atoms with Crippen LogP contribution in [0.5, 0.6) is 0 Å². The molecule has 0 spiro atoms. The minimum absolute atomic E-state index is 0. The first-order chi connectivity index (χ1) is 7.83. The molecule has 0 heterocycles. The Kier molecular flexibility index (Phi) is 33.5. The monoisotopic (exact) mass is 295 g/mol. The predicted molar refractivity (Wildman–Crippen MR) is 73.2 cm³/mol. The Hall–Kier alpha value is 0.359. The molecule has 0 unspecified atom stereocenters. The van der Waals surface area contributed by atoms with E-state index in [4.69, 9.17) is 22.9 Å². The summed E-state index contributed by atoms with van der Waals surface area (Å²) in [5.41, 5.74) is 21.1. The molecule has 0 aliphatic rings. The number of nitrogens with two attached hydrogens (primary N) is 4. The topological polar surface area (TPSA) is 104 Å². The Labute approximate surface area is 118 Å². The van der Waals surface area contributed by atoms with Gasteiger partial charge in [-0.2, -0.15) is 0 Å². The third kappa shape index (κ3) is 31.4. The van der Waals surface area contributed by atoms with Gasteiger partial charge >= 0.3 is 0 Å². The minimum Gasteiger partial charge on any atom is -0.330 e. The zero-order valence-corrected chi connectivity index (χ0v) is 12.0. The molecular formula is C12H32CuN4. The summed E-state index contributed by atoms with van der Waals surface area (Å²) in [6.07, 6.45) is 9.59. The first-order valence-electron chi connectivity index (χ1n) is 6.63. The third-order valence-corrected chi connectivity index (χ3v) is 2.32. The Bertz CT molecular complexity index is 80.5. The Morgan fingerprint density at radius 2 is 0.529 bits per heavy atom. The van der Waals surface area contributed by atoms with Crippen LogP contribution in [-0.4, -0.2) is 26.2 Å². The Balaban J connectivity index is -0.000000218. The molecule has 0 rings (SSSR count). The maximum absolute atomic E-state index is 5.28. The molecule has 0 aromatic rings. The first-order valence-corrected chi connectivity index (χ1v) is 6.63. The largest absolute Gasteiger partial charge is 0.330 e. The van der Waals surface area contributed by atoms with E-state index in [1.165, 1.54) is 25.7 Å². The summed E-state index contributed by atoms with van der Waals surface area (Å²) in [6.45, 7) is 3.30. The van der Waals surface area contributed by atoms with Crippen LogP contribution in [0.3, 0.4) is 0 Å². The van der Waals surface area contributed by atoms with Gasteiger partial charge in [0.25, 0.3) is 0 Å². The van der Waals surface area contributed by atoms with Crippen molar-refractivity contribution >= 4 is 0 Å². The van der Waals surface area contributed by atoms with Crippen molar-refractivity contribution in [3.63, 3.8) is 0 Å². The van der Waals surface area contributed by atoms with Crippen LogP contribution in [0.2, 0.25) is 0 Å². The van der Waals surface area contributed by atoms with Crippen molar-refractivity contribution in [3.05, 3.63) is 0 Å². The van der Waals surface area contributed by atoms with E-state index in [1.54, 1.807) is 0 Å². The maximum atomic E-state index is 5.28. The predicted octanol–water partition coefficient (Wildman–Crippen LogP) is 0.926. The zero-order chi connectivity index (χ0) is 12.5. The molecule has 1 radical (unpaired) electrons. The van der Waals surface area contributed by atoms with Crippen molar-refractivity contribution < 1.29 is 17.1 Å². The second kappa shape index (κ2) is 25.3. The van der Waals surface area contributed by atoms with Gasteiger partial charge in [0.05, 0.1) is 0 Å². The molecule has 5 heteroatoms. The fourth-order valence-corrected chi connectivity index (χ4v) is 1.28. The smallest absolute Gasteiger partial charge is 0 e. The molecule has 0 aliphatic carbocycles. The van der Waals surface area contributed by atoms with Gasteiger partial charge in [-0.3, -0.25) is 0 Å². The molecule has 0 aromatic carbocycles. The SMILES string of the molecule is NCCCCCCN.NCCCCCCN.[Cu]. The van der Waals surface area contributed by atoms with E-state index in [9.17, 15) is 0 Å². The van der Waals surface area contributed by atoms with E-state index in [1.807, 2.05) is 0 Å². The van der Waals surface area contributed by atoms with E-state index in [0.29, 0.717) is 0 Å². The van der Waals surface area contributed by atoms with Crippen LogP contribution in [0, 0.1) is 0 Å². The number of rotatable bonds is 10. The molecule has 0 amide bonds. The minimum atomic E-state index is 0. The number of unbranched alkanes of at least 4 members (excludes halogenated alkanes) is 6. The van der Waals surface area contributed by atoms with Gasteiger partial charge in [-0.25, -0.2) is 0 Å². The molecule has 4 nitrogen and oxygen atoms in total.